The number of rotatable bonds is 1. The van der Waals surface area contributed by atoms with Crippen LogP contribution in [0.1, 0.15) is 34.1 Å². The molecule has 0 unspecified atom stereocenters. The van der Waals surface area contributed by atoms with Crippen LogP contribution in [0.25, 0.3) is 0 Å². The number of alkyl halides is 2. The third kappa shape index (κ3) is 214. The van der Waals surface area contributed by atoms with Gasteiger partial charge in [0.2, 0.25) is 0 Å². The van der Waals surface area contributed by atoms with Gasteiger partial charge in [-0.05, 0) is 20.8 Å². The normalized spacial score (nSPS) is 6.83. The zero-order valence-electron chi connectivity index (χ0n) is 7.99. The molecule has 0 heterocycles. The first-order valence-electron chi connectivity index (χ1n) is 3.50. The van der Waals surface area contributed by atoms with Crippen molar-refractivity contribution in [3.63, 3.8) is 0 Å². The summed E-state index contributed by atoms with van der Waals surface area (Å²) in [5, 5.41) is 0.194. The second kappa shape index (κ2) is 17.1. The third-order valence-corrected chi connectivity index (χ3v) is 0.498. The van der Waals surface area contributed by atoms with Crippen molar-refractivity contribution >= 4 is 34.8 Å². The molecule has 0 N–H and O–H groups in total. The summed E-state index contributed by atoms with van der Waals surface area (Å²) in [7, 11) is 0. The van der Waals surface area contributed by atoms with Gasteiger partial charge in [0.1, 0.15) is 11.6 Å². The van der Waals surface area contributed by atoms with Gasteiger partial charge in [-0.2, -0.15) is 0 Å². The maximum Gasteiger partial charge on any atom is 0.129 e. The fourth-order valence-corrected chi connectivity index (χ4v) is 0. The summed E-state index contributed by atoms with van der Waals surface area (Å²) in [6.45, 7) is 6.49. The predicted octanol–water partition coefficient (Wildman–Crippen LogP) is 3.00. The molecule has 0 radical (unpaired) electrons. The van der Waals surface area contributed by atoms with Gasteiger partial charge < -0.3 is 9.59 Å². The topological polar surface area (TPSA) is 34.1 Å². The maximum atomic E-state index is 9.81. The van der Waals surface area contributed by atoms with E-state index in [1.54, 1.807) is 6.92 Å². The first kappa shape index (κ1) is 17.9. The van der Waals surface area contributed by atoms with E-state index < -0.39 is 0 Å². The molecule has 2 nitrogen and oxygen atoms in total. The van der Waals surface area contributed by atoms with E-state index in [0.29, 0.717) is 6.42 Å². The first-order valence-corrected chi connectivity index (χ1v) is 4.57. The van der Waals surface area contributed by atoms with Crippen LogP contribution in [0.2, 0.25) is 0 Å². The summed E-state index contributed by atoms with van der Waals surface area (Å²) in [6, 6.07) is 0. The number of carbonyl (C=O) groups excluding carboxylic acids is 2. The molecule has 0 rings (SSSR count). The molecule has 0 spiro atoms. The lowest BCUT2D eigenvalue weighted by Crippen LogP contribution is -1.80. The predicted molar refractivity (Wildman–Crippen MR) is 53.9 cm³/mol. The van der Waals surface area contributed by atoms with Crippen molar-refractivity contribution in [3.8, 4) is 0 Å². The van der Waals surface area contributed by atoms with Crippen molar-refractivity contribution in [2.75, 3.05) is 5.34 Å². The standard InChI is InChI=1S/C4H8O.C3H6O.CH2Cl2/c1-3-4(2)5;1-3(2)4;2-1-3/h3H2,1-2H3;1-2H3;1H2. The Kier molecular flexibility index (Phi) is 25.5. The van der Waals surface area contributed by atoms with Crippen molar-refractivity contribution in [1.29, 1.82) is 0 Å². The van der Waals surface area contributed by atoms with Gasteiger partial charge in [0.25, 0.3) is 0 Å². The summed E-state index contributed by atoms with van der Waals surface area (Å²) in [5.74, 6) is 0.421. The van der Waals surface area contributed by atoms with E-state index in [4.69, 9.17) is 23.2 Å². The molecular weight excluding hydrogens is 199 g/mol. The molecule has 0 amide bonds. The Morgan fingerprint density at radius 2 is 1.17 bits per heavy atom. The zero-order valence-corrected chi connectivity index (χ0v) is 9.50. The Morgan fingerprint density at radius 1 is 1.08 bits per heavy atom. The Labute approximate surface area is 84.2 Å². The molecule has 0 fully saturated rings. The van der Waals surface area contributed by atoms with Gasteiger partial charge >= 0.3 is 0 Å². The van der Waals surface area contributed by atoms with E-state index in [1.807, 2.05) is 6.92 Å². The van der Waals surface area contributed by atoms with Crippen molar-refractivity contribution < 1.29 is 9.59 Å². The summed E-state index contributed by atoms with van der Waals surface area (Å²) in [6.07, 6.45) is 0.667. The third-order valence-electron chi connectivity index (χ3n) is 0.498. The quantitative estimate of drug-likeness (QED) is 0.630. The van der Waals surface area contributed by atoms with Crippen LogP contribution in [0.4, 0.5) is 0 Å². The fraction of sp³-hybridized carbons (Fsp3) is 0.750. The largest absolute Gasteiger partial charge is 0.300 e. The lowest BCUT2D eigenvalue weighted by Gasteiger charge is -1.71. The van der Waals surface area contributed by atoms with E-state index in [2.05, 4.69) is 0 Å². The molecule has 12 heavy (non-hydrogen) atoms. The number of carbonyl (C=O) groups is 2. The van der Waals surface area contributed by atoms with Crippen LogP contribution in [-0.4, -0.2) is 16.9 Å². The molecule has 0 atom stereocenters. The number of hydrogen-bond acceptors (Lipinski definition) is 2. The molecule has 0 aromatic rings. The van der Waals surface area contributed by atoms with Crippen LogP contribution in [0.3, 0.4) is 0 Å². The summed E-state index contributed by atoms with van der Waals surface area (Å²) >= 11 is 9.53. The summed E-state index contributed by atoms with van der Waals surface area (Å²) < 4.78 is 0. The number of halogens is 2. The van der Waals surface area contributed by atoms with Crippen LogP contribution in [0, 0.1) is 0 Å². The van der Waals surface area contributed by atoms with Crippen molar-refractivity contribution in [2.45, 2.75) is 34.1 Å². The maximum absolute atomic E-state index is 9.81. The molecule has 0 aliphatic heterocycles. The minimum Gasteiger partial charge on any atom is -0.300 e. The molecule has 0 saturated heterocycles. The zero-order chi connectivity index (χ0) is 10.6. The van der Waals surface area contributed by atoms with Crippen LogP contribution in [0.15, 0.2) is 0 Å². The molecule has 4 heteroatoms. The molecule has 0 saturated carbocycles. The molecule has 74 valence electrons. The van der Waals surface area contributed by atoms with Gasteiger partial charge in [-0.3, -0.25) is 0 Å². The van der Waals surface area contributed by atoms with Gasteiger partial charge in [-0.25, -0.2) is 0 Å². The van der Waals surface area contributed by atoms with E-state index in [9.17, 15) is 9.59 Å². The number of ketones is 2. The lowest BCUT2D eigenvalue weighted by molar-refractivity contribution is -0.117. The average molecular weight is 215 g/mol. The highest BCUT2D eigenvalue weighted by Gasteiger charge is 1.76. The van der Waals surface area contributed by atoms with Crippen molar-refractivity contribution in [1.82, 2.24) is 0 Å². The van der Waals surface area contributed by atoms with Gasteiger partial charge in [-0.1, -0.05) is 6.92 Å². The average Bonchev–Trinajstić information content (AvgIpc) is 1.88. The summed E-state index contributed by atoms with van der Waals surface area (Å²) in [4.78, 5) is 19.3. The van der Waals surface area contributed by atoms with Gasteiger partial charge in [-0.15, -0.1) is 23.2 Å². The highest BCUT2D eigenvalue weighted by atomic mass is 35.5. The Morgan fingerprint density at radius 3 is 1.17 bits per heavy atom. The molecule has 0 aromatic carbocycles. The SMILES string of the molecule is CC(C)=O.CCC(C)=O.ClCCl. The molecule has 0 bridgehead atoms. The fourth-order valence-electron chi connectivity index (χ4n) is 0. The van der Waals surface area contributed by atoms with Crippen LogP contribution in [-0.2, 0) is 9.59 Å². The summed E-state index contributed by atoms with van der Waals surface area (Å²) in [5.41, 5.74) is 0. The number of hydrogen-bond donors (Lipinski definition) is 0. The Hall–Kier alpha value is -0.0800. The van der Waals surface area contributed by atoms with Gasteiger partial charge in [0.15, 0.2) is 0 Å². The van der Waals surface area contributed by atoms with Crippen LogP contribution < -0.4 is 0 Å². The van der Waals surface area contributed by atoms with Crippen molar-refractivity contribution in [3.05, 3.63) is 0 Å². The second-order valence-corrected chi connectivity index (χ2v) is 2.87. The van der Waals surface area contributed by atoms with E-state index in [-0.39, 0.29) is 16.9 Å². The second-order valence-electron chi connectivity index (χ2n) is 2.06. The van der Waals surface area contributed by atoms with Crippen LogP contribution >= 0.6 is 23.2 Å². The highest BCUT2D eigenvalue weighted by molar-refractivity contribution is 6.40. The Bertz CT molecular complexity index is 110. The minimum absolute atomic E-state index is 0.167. The molecule has 0 aliphatic rings. The first-order chi connectivity index (χ1) is 5.42. The van der Waals surface area contributed by atoms with Gasteiger partial charge in [0, 0.05) is 6.42 Å². The highest BCUT2D eigenvalue weighted by Crippen LogP contribution is 1.73. The smallest absolute Gasteiger partial charge is 0.129 e. The van der Waals surface area contributed by atoms with E-state index >= 15 is 0 Å². The molecule has 0 aliphatic carbocycles. The molecule has 0 aromatic heterocycles. The monoisotopic (exact) mass is 214 g/mol. The van der Waals surface area contributed by atoms with Gasteiger partial charge in [0.05, 0.1) is 5.34 Å². The van der Waals surface area contributed by atoms with E-state index in [0.717, 1.165) is 0 Å². The molecular formula is C8H16Cl2O2. The Balaban J connectivity index is -0.000000105. The minimum atomic E-state index is 0.167. The number of Topliss-reactive ketones (excluding diaryl/α,β-unsaturated/α-hetero) is 2. The van der Waals surface area contributed by atoms with Crippen LogP contribution in [0.5, 0.6) is 0 Å². The van der Waals surface area contributed by atoms with E-state index in [1.165, 1.54) is 13.8 Å². The van der Waals surface area contributed by atoms with Crippen molar-refractivity contribution in [2.24, 2.45) is 0 Å². The lowest BCUT2D eigenvalue weighted by atomic mass is 10.4.